The molecule has 0 spiro atoms. The molecule has 330 valence electrons. The second kappa shape index (κ2) is 39.6. The van der Waals surface area contributed by atoms with Crippen molar-refractivity contribution >= 4 is 55.5 Å². The smallest absolute Gasteiger partial charge is 0.338 e. The summed E-state index contributed by atoms with van der Waals surface area (Å²) in [4.78, 5) is 51.8. The van der Waals surface area contributed by atoms with Gasteiger partial charge in [0, 0.05) is 44.6 Å². The maximum absolute atomic E-state index is 12.3. The minimum atomic E-state index is -1.00. The van der Waals surface area contributed by atoms with Crippen LogP contribution < -0.4 is 0 Å². The number of unbranched alkanes of at least 4 members (excludes halogenated alkanes) is 2. The zero-order valence-electron chi connectivity index (χ0n) is 36.3. The lowest BCUT2D eigenvalue weighted by Crippen LogP contribution is -2.21. The van der Waals surface area contributed by atoms with Crippen LogP contribution in [0.1, 0.15) is 110 Å². The Morgan fingerprint density at radius 2 is 1.04 bits per heavy atom. The Bertz CT molecular complexity index is 1320. The lowest BCUT2D eigenvalue weighted by molar-refractivity contribution is -0.148. The van der Waals surface area contributed by atoms with Crippen molar-refractivity contribution in [1.29, 1.82) is 1.34 Å². The highest BCUT2D eigenvalue weighted by atomic mass is 35.5. The molecule has 2 rings (SSSR count). The third kappa shape index (κ3) is 34.5. The standard InChI is InChI=1S/C18H27NO4.C14H18O4.2C4H11NO.CH2Cl2.BH4/c1-5-6-11-17(23-14(2)20)15-9-7-8-10-16(15)18(21)22-13-12-19(3)4;1-3-4-9-13(18-10(2)15)11-7-5-6-8-12(11)14(16)17;2*1-5(2)3-4-6;2-1-3;/h7-10,17H,5-6,11-13H2,1-4H3;5-8,13H,3-4,9H2,1-2H3,(H,16,17);2*6H,3-4H2,1-2H3;1H2;1H4/q;;;;;-1/i;;;;;1D. The van der Waals surface area contributed by atoms with Gasteiger partial charge in [-0.3, -0.25) is 9.59 Å². The number of benzene rings is 2. The van der Waals surface area contributed by atoms with Crippen LogP contribution in [0, 0.1) is 0 Å². The molecule has 0 aliphatic rings. The number of carboxylic acids is 1. The Balaban J connectivity index is -0.000000365. The Morgan fingerprint density at radius 1 is 0.684 bits per heavy atom. The van der Waals surface area contributed by atoms with Gasteiger partial charge in [0.15, 0.2) is 0 Å². The highest BCUT2D eigenvalue weighted by Gasteiger charge is 2.22. The topological polar surface area (TPSA) is 166 Å². The van der Waals surface area contributed by atoms with Crippen LogP contribution in [0.15, 0.2) is 48.5 Å². The number of carboxylic acid groups (broad SMARTS) is 1. The minimum absolute atomic E-state index is 0. The molecule has 2 aromatic rings. The predicted molar refractivity (Wildman–Crippen MR) is 236 cm³/mol. The van der Waals surface area contributed by atoms with Crippen LogP contribution in [-0.2, 0) is 23.8 Å². The van der Waals surface area contributed by atoms with Crippen molar-refractivity contribution in [1.82, 2.24) is 14.7 Å². The molecule has 0 aliphatic carbocycles. The summed E-state index contributed by atoms with van der Waals surface area (Å²) in [5.41, 5.74) is 1.94. The number of nitrogens with zero attached hydrogens (tertiary/aromatic N) is 3. The second-order valence-electron chi connectivity index (χ2n) is 13.1. The Labute approximate surface area is 355 Å². The average molecular weight is 851 g/mol. The number of aromatic carboxylic acids is 1. The summed E-state index contributed by atoms with van der Waals surface area (Å²) in [6, 6.07) is 13.8. The maximum Gasteiger partial charge on any atom is 0.338 e. The molecule has 2 atom stereocenters. The number of likely N-dealkylation sites (N-methyl/N-ethyl adjacent to an activating group) is 3. The highest BCUT2D eigenvalue weighted by Crippen LogP contribution is 2.28. The SMILES string of the molecule is CCCCC(OC(C)=O)c1ccccc1C(=O)O.CCCCC(OC(C)=O)c1ccccc1C(=O)OCCN(C)C.CN(C)CCO.CN(C)CCO.ClCCl.[2H][BH3-]. The number of hydrogen-bond acceptors (Lipinski definition) is 12. The zero-order valence-corrected chi connectivity index (χ0v) is 36.8. The van der Waals surface area contributed by atoms with E-state index in [4.69, 9.17) is 54.1 Å². The summed E-state index contributed by atoms with van der Waals surface area (Å²) < 4.78 is 22.0. The zero-order chi connectivity index (χ0) is 45.5. The molecule has 0 fully saturated rings. The number of carbonyl (C=O) groups is 4. The lowest BCUT2D eigenvalue weighted by Gasteiger charge is -2.20. The van der Waals surface area contributed by atoms with E-state index in [0.717, 1.165) is 38.8 Å². The van der Waals surface area contributed by atoms with E-state index in [9.17, 15) is 19.2 Å². The van der Waals surface area contributed by atoms with Crippen molar-refractivity contribution in [2.75, 3.05) is 87.1 Å². The van der Waals surface area contributed by atoms with Crippen molar-refractivity contribution in [2.24, 2.45) is 0 Å². The fourth-order valence-electron chi connectivity index (χ4n) is 4.47. The Kier molecular flexibility index (Phi) is 40.3. The summed E-state index contributed by atoms with van der Waals surface area (Å²) in [7, 11) is 11.5. The fourth-order valence-corrected chi connectivity index (χ4v) is 4.47. The summed E-state index contributed by atoms with van der Waals surface area (Å²) in [6.07, 6.45) is 4.20. The molecule has 0 aromatic heterocycles. The normalized spacial score (nSPS) is 11.2. The molecule has 0 radical (unpaired) electrons. The van der Waals surface area contributed by atoms with E-state index in [1.165, 1.54) is 19.9 Å². The summed E-state index contributed by atoms with van der Waals surface area (Å²) in [5, 5.41) is 25.7. The maximum atomic E-state index is 12.3. The van der Waals surface area contributed by atoms with Crippen LogP contribution in [0.4, 0.5) is 0 Å². The fraction of sp³-hybridized carbons (Fsp3) is 0.610. The van der Waals surface area contributed by atoms with Gasteiger partial charge in [0.05, 0.1) is 29.7 Å². The molecule has 0 amide bonds. The number of ether oxygens (including phenoxy) is 3. The monoisotopic (exact) mass is 849 g/mol. The van der Waals surface area contributed by atoms with Crippen LogP contribution >= 0.6 is 23.2 Å². The van der Waals surface area contributed by atoms with Crippen LogP contribution in [-0.4, -0.2) is 151 Å². The van der Waals surface area contributed by atoms with E-state index < -0.39 is 24.1 Å². The number of carbonyl (C=O) groups excluding carboxylic acids is 3. The van der Waals surface area contributed by atoms with Gasteiger partial charge >= 0.3 is 23.9 Å². The van der Waals surface area contributed by atoms with Crippen molar-refractivity contribution in [2.45, 2.75) is 78.4 Å². The van der Waals surface area contributed by atoms with Gasteiger partial charge in [-0.15, -0.1) is 23.2 Å². The second-order valence-corrected chi connectivity index (χ2v) is 13.9. The molecule has 0 saturated carbocycles. The van der Waals surface area contributed by atoms with Gasteiger partial charge in [-0.25, -0.2) is 10.9 Å². The first-order valence-corrected chi connectivity index (χ1v) is 19.7. The lowest BCUT2D eigenvalue weighted by atomic mass is 9.98. The minimum Gasteiger partial charge on any atom is -0.478 e. The predicted octanol–water partition coefficient (Wildman–Crippen LogP) is 5.43. The first-order chi connectivity index (χ1) is 27.5. The third-order valence-electron chi connectivity index (χ3n) is 7.19. The quantitative estimate of drug-likeness (QED) is 0.0710. The van der Waals surface area contributed by atoms with Gasteiger partial charge in [-0.05, 0) is 80.1 Å². The number of rotatable bonds is 19. The van der Waals surface area contributed by atoms with E-state index >= 15 is 0 Å². The highest BCUT2D eigenvalue weighted by molar-refractivity contribution is 6.40. The van der Waals surface area contributed by atoms with Gasteiger partial charge in [0.1, 0.15) is 18.8 Å². The Hall–Kier alpha value is -3.24. The van der Waals surface area contributed by atoms with Gasteiger partial charge in [-0.2, -0.15) is 0 Å². The molecule has 13 nitrogen and oxygen atoms in total. The molecular formula is C41H73BCl2N3O10-. The summed E-state index contributed by atoms with van der Waals surface area (Å²) in [6.45, 7) is 9.87. The van der Waals surface area contributed by atoms with Crippen molar-refractivity contribution in [3.63, 3.8) is 0 Å². The molecule has 2 unspecified atom stereocenters. The number of halogens is 2. The van der Waals surface area contributed by atoms with Gasteiger partial charge < -0.3 is 44.2 Å². The largest absolute Gasteiger partial charge is 0.478 e. The van der Waals surface area contributed by atoms with Gasteiger partial charge in [-0.1, -0.05) is 71.5 Å². The number of alkyl halides is 2. The van der Waals surface area contributed by atoms with Gasteiger partial charge in [0.2, 0.25) is 0 Å². The van der Waals surface area contributed by atoms with Crippen LogP contribution in [0.2, 0.25) is 0 Å². The molecule has 0 aliphatic heterocycles. The Morgan fingerprint density at radius 3 is 1.33 bits per heavy atom. The first-order valence-electron chi connectivity index (χ1n) is 18.7. The molecule has 57 heavy (non-hydrogen) atoms. The first kappa shape index (κ1) is 58.1. The van der Waals surface area contributed by atoms with Crippen LogP contribution in [0.3, 0.4) is 0 Å². The molecule has 0 bridgehead atoms. The van der Waals surface area contributed by atoms with E-state index in [2.05, 4.69) is 6.92 Å². The van der Waals surface area contributed by atoms with E-state index in [-0.39, 0.29) is 44.4 Å². The number of aliphatic hydroxyl groups is 2. The van der Waals surface area contributed by atoms with Gasteiger partial charge in [0.25, 0.3) is 0 Å². The number of aliphatic hydroxyl groups excluding tert-OH is 2. The van der Waals surface area contributed by atoms with E-state index in [1.807, 2.05) is 76.0 Å². The molecular weight excluding hydrogens is 776 g/mol. The van der Waals surface area contributed by atoms with Crippen molar-refractivity contribution in [3.8, 4) is 0 Å². The molecule has 0 saturated heterocycles. The average Bonchev–Trinajstić information content (AvgIpc) is 3.16. The van der Waals surface area contributed by atoms with Crippen molar-refractivity contribution in [3.05, 3.63) is 70.8 Å². The molecule has 3 N–H and O–H groups in total. The van der Waals surface area contributed by atoms with Crippen LogP contribution in [0.5, 0.6) is 0 Å². The van der Waals surface area contributed by atoms with Crippen molar-refractivity contribution < 1.29 is 48.7 Å². The van der Waals surface area contributed by atoms with E-state index in [1.54, 1.807) is 30.3 Å². The number of esters is 3. The molecule has 16 heteroatoms. The summed E-state index contributed by atoms with van der Waals surface area (Å²) >= 11 is 9.53. The summed E-state index contributed by atoms with van der Waals surface area (Å²) in [5.74, 6) is -2.12. The third-order valence-corrected chi connectivity index (χ3v) is 7.19. The molecule has 2 aromatic carbocycles. The van der Waals surface area contributed by atoms with Crippen LogP contribution in [0.25, 0.3) is 0 Å². The molecule has 0 heterocycles. The van der Waals surface area contributed by atoms with E-state index in [0.29, 0.717) is 42.7 Å². The number of hydrogen-bond donors (Lipinski definition) is 3.